The zero-order valence-electron chi connectivity index (χ0n) is 13.0. The third-order valence-corrected chi connectivity index (χ3v) is 5.10. The summed E-state index contributed by atoms with van der Waals surface area (Å²) in [5, 5.41) is 6.61. The summed E-state index contributed by atoms with van der Waals surface area (Å²) in [5.74, 6) is 2.21. The Kier molecular flexibility index (Phi) is 7.90. The fourth-order valence-electron chi connectivity index (χ4n) is 3.60. The smallest absolute Gasteiger partial charge is 0.223 e. The SMILES string of the molecule is CCC1CCC(CNC(=O)[C@H]2CCN[C@@H](C)C2)CC1.Cl. The second-order valence-electron chi connectivity index (χ2n) is 6.62. The van der Waals surface area contributed by atoms with Crippen LogP contribution in [0.15, 0.2) is 0 Å². The average Bonchev–Trinajstić information content (AvgIpc) is 2.45. The zero-order valence-corrected chi connectivity index (χ0v) is 13.8. The molecule has 1 saturated heterocycles. The van der Waals surface area contributed by atoms with Gasteiger partial charge in [0.05, 0.1) is 0 Å². The van der Waals surface area contributed by atoms with E-state index in [0.29, 0.717) is 11.9 Å². The van der Waals surface area contributed by atoms with Crippen LogP contribution in [-0.2, 0) is 4.79 Å². The summed E-state index contributed by atoms with van der Waals surface area (Å²) < 4.78 is 0. The molecule has 1 amide bonds. The molecule has 118 valence electrons. The Morgan fingerprint density at radius 1 is 1.15 bits per heavy atom. The fraction of sp³-hybridized carbons (Fsp3) is 0.938. The highest BCUT2D eigenvalue weighted by molar-refractivity contribution is 5.85. The number of hydrogen-bond donors (Lipinski definition) is 2. The second kappa shape index (κ2) is 8.89. The lowest BCUT2D eigenvalue weighted by atomic mass is 9.81. The monoisotopic (exact) mass is 302 g/mol. The topological polar surface area (TPSA) is 41.1 Å². The van der Waals surface area contributed by atoms with Crippen LogP contribution in [0.3, 0.4) is 0 Å². The minimum absolute atomic E-state index is 0. The van der Waals surface area contributed by atoms with Crippen molar-refractivity contribution >= 4 is 18.3 Å². The Labute approximate surface area is 130 Å². The highest BCUT2D eigenvalue weighted by Gasteiger charge is 2.26. The van der Waals surface area contributed by atoms with Gasteiger partial charge in [0.1, 0.15) is 0 Å². The molecule has 2 fully saturated rings. The molecule has 4 heteroatoms. The first kappa shape index (κ1) is 17.8. The number of piperidine rings is 1. The quantitative estimate of drug-likeness (QED) is 0.838. The van der Waals surface area contributed by atoms with Crippen LogP contribution in [0.4, 0.5) is 0 Å². The Hall–Kier alpha value is -0.280. The van der Waals surface area contributed by atoms with Crippen LogP contribution < -0.4 is 10.6 Å². The van der Waals surface area contributed by atoms with Crippen molar-refractivity contribution in [3.63, 3.8) is 0 Å². The number of halogens is 1. The van der Waals surface area contributed by atoms with Crippen LogP contribution in [0.5, 0.6) is 0 Å². The van der Waals surface area contributed by atoms with Gasteiger partial charge in [-0.05, 0) is 51.0 Å². The van der Waals surface area contributed by atoms with Gasteiger partial charge in [-0.1, -0.05) is 26.2 Å². The van der Waals surface area contributed by atoms with Crippen molar-refractivity contribution in [3.05, 3.63) is 0 Å². The van der Waals surface area contributed by atoms with Gasteiger partial charge in [-0.3, -0.25) is 4.79 Å². The highest BCUT2D eigenvalue weighted by Crippen LogP contribution is 2.30. The summed E-state index contributed by atoms with van der Waals surface area (Å²) in [5.41, 5.74) is 0. The molecule has 2 N–H and O–H groups in total. The zero-order chi connectivity index (χ0) is 13.7. The van der Waals surface area contributed by atoms with Crippen LogP contribution in [0, 0.1) is 17.8 Å². The maximum absolute atomic E-state index is 12.2. The minimum Gasteiger partial charge on any atom is -0.356 e. The molecule has 0 aromatic heterocycles. The summed E-state index contributed by atoms with van der Waals surface area (Å²) in [6.07, 6.45) is 8.66. The van der Waals surface area contributed by atoms with Gasteiger partial charge in [-0.15, -0.1) is 12.4 Å². The number of rotatable bonds is 4. The van der Waals surface area contributed by atoms with Crippen molar-refractivity contribution < 1.29 is 4.79 Å². The number of amides is 1. The summed E-state index contributed by atoms with van der Waals surface area (Å²) in [6, 6.07) is 0.490. The maximum atomic E-state index is 12.2. The van der Waals surface area contributed by atoms with Crippen molar-refractivity contribution in [2.24, 2.45) is 17.8 Å². The molecule has 1 heterocycles. The van der Waals surface area contributed by atoms with Crippen molar-refractivity contribution in [1.29, 1.82) is 0 Å². The minimum atomic E-state index is 0. The normalized spacial score (nSPS) is 34.1. The van der Waals surface area contributed by atoms with Crippen LogP contribution in [0.1, 0.15) is 58.8 Å². The van der Waals surface area contributed by atoms with Gasteiger partial charge in [0.2, 0.25) is 5.91 Å². The molecule has 0 bridgehead atoms. The third-order valence-electron chi connectivity index (χ3n) is 5.10. The first-order valence-electron chi connectivity index (χ1n) is 8.20. The molecule has 0 aromatic carbocycles. The Bertz CT molecular complexity index is 290. The van der Waals surface area contributed by atoms with Crippen LogP contribution in [0.25, 0.3) is 0 Å². The van der Waals surface area contributed by atoms with E-state index >= 15 is 0 Å². The molecule has 0 unspecified atom stereocenters. The predicted molar refractivity (Wildman–Crippen MR) is 86.2 cm³/mol. The Morgan fingerprint density at radius 3 is 2.40 bits per heavy atom. The largest absolute Gasteiger partial charge is 0.356 e. The number of nitrogens with one attached hydrogen (secondary N) is 2. The van der Waals surface area contributed by atoms with Gasteiger partial charge < -0.3 is 10.6 Å². The van der Waals surface area contributed by atoms with Gasteiger partial charge in [0, 0.05) is 18.5 Å². The maximum Gasteiger partial charge on any atom is 0.223 e. The first-order chi connectivity index (χ1) is 9.19. The van der Waals surface area contributed by atoms with Crippen LogP contribution in [-0.4, -0.2) is 25.0 Å². The molecule has 2 aliphatic rings. The van der Waals surface area contributed by atoms with E-state index < -0.39 is 0 Å². The number of carbonyl (C=O) groups is 1. The lowest BCUT2D eigenvalue weighted by Gasteiger charge is -2.30. The molecule has 0 spiro atoms. The standard InChI is InChI=1S/C16H30N2O.ClH/c1-3-13-4-6-14(7-5-13)11-18-16(19)15-8-9-17-12(2)10-15;/h12-15,17H,3-11H2,1-2H3,(H,18,19);1H/t12-,13?,14?,15-;/m0./s1. The van der Waals surface area contributed by atoms with E-state index in [0.717, 1.165) is 37.8 Å². The lowest BCUT2D eigenvalue weighted by Crippen LogP contribution is -2.43. The summed E-state index contributed by atoms with van der Waals surface area (Å²) in [6.45, 7) is 6.37. The molecular weight excluding hydrogens is 272 g/mol. The second-order valence-corrected chi connectivity index (χ2v) is 6.62. The van der Waals surface area contributed by atoms with Gasteiger partial charge in [0.25, 0.3) is 0 Å². The van der Waals surface area contributed by atoms with E-state index in [-0.39, 0.29) is 18.3 Å². The van der Waals surface area contributed by atoms with Crippen molar-refractivity contribution in [2.45, 2.75) is 64.8 Å². The van der Waals surface area contributed by atoms with E-state index in [9.17, 15) is 4.79 Å². The van der Waals surface area contributed by atoms with Crippen LogP contribution >= 0.6 is 12.4 Å². The van der Waals surface area contributed by atoms with Crippen molar-refractivity contribution in [2.75, 3.05) is 13.1 Å². The Balaban J connectivity index is 0.00000200. The molecule has 3 nitrogen and oxygen atoms in total. The van der Waals surface area contributed by atoms with Crippen LogP contribution in [0.2, 0.25) is 0 Å². The van der Waals surface area contributed by atoms with Crippen molar-refractivity contribution in [3.8, 4) is 0 Å². The van der Waals surface area contributed by atoms with E-state index in [4.69, 9.17) is 0 Å². The molecule has 1 saturated carbocycles. The van der Waals surface area contributed by atoms with E-state index in [1.807, 2.05) is 0 Å². The van der Waals surface area contributed by atoms with Crippen molar-refractivity contribution in [1.82, 2.24) is 10.6 Å². The molecule has 2 atom stereocenters. The van der Waals surface area contributed by atoms with Gasteiger partial charge in [0.15, 0.2) is 0 Å². The average molecular weight is 303 g/mol. The highest BCUT2D eigenvalue weighted by atomic mass is 35.5. The van der Waals surface area contributed by atoms with E-state index in [1.54, 1.807) is 0 Å². The number of carbonyl (C=O) groups excluding carboxylic acids is 1. The molecule has 0 radical (unpaired) electrons. The predicted octanol–water partition coefficient (Wildman–Crippen LogP) is 3.13. The van der Waals surface area contributed by atoms with Gasteiger partial charge >= 0.3 is 0 Å². The molecule has 2 rings (SSSR count). The summed E-state index contributed by atoms with van der Waals surface area (Å²) in [4.78, 5) is 12.2. The van der Waals surface area contributed by atoms with E-state index in [1.165, 1.54) is 32.1 Å². The number of hydrogen-bond acceptors (Lipinski definition) is 2. The third kappa shape index (κ3) is 5.25. The fourth-order valence-corrected chi connectivity index (χ4v) is 3.60. The molecule has 0 aromatic rings. The Morgan fingerprint density at radius 2 is 1.80 bits per heavy atom. The van der Waals surface area contributed by atoms with Gasteiger partial charge in [-0.2, -0.15) is 0 Å². The molecule has 1 aliphatic carbocycles. The first-order valence-corrected chi connectivity index (χ1v) is 8.20. The molecular formula is C16H31ClN2O. The van der Waals surface area contributed by atoms with Gasteiger partial charge in [-0.25, -0.2) is 0 Å². The summed E-state index contributed by atoms with van der Waals surface area (Å²) >= 11 is 0. The molecule has 20 heavy (non-hydrogen) atoms. The molecule has 1 aliphatic heterocycles. The summed E-state index contributed by atoms with van der Waals surface area (Å²) in [7, 11) is 0. The van der Waals surface area contributed by atoms with E-state index in [2.05, 4.69) is 24.5 Å². The lowest BCUT2D eigenvalue weighted by molar-refractivity contribution is -0.126.